The van der Waals surface area contributed by atoms with Crippen molar-refractivity contribution in [3.05, 3.63) is 54.2 Å². The Morgan fingerprint density at radius 2 is 1.73 bits per heavy atom. The number of hydrogen-bond donors (Lipinski definition) is 2. The Kier molecular flexibility index (Phi) is 7.12. The maximum atomic E-state index is 11.8. The molecule has 2 aromatic carbocycles. The van der Waals surface area contributed by atoms with Gasteiger partial charge in [0.1, 0.15) is 11.3 Å². The summed E-state index contributed by atoms with van der Waals surface area (Å²) in [6.45, 7) is 0.904. The van der Waals surface area contributed by atoms with E-state index in [1.54, 1.807) is 18.2 Å². The summed E-state index contributed by atoms with van der Waals surface area (Å²) in [6, 6.07) is 13.3. The highest BCUT2D eigenvalue weighted by Crippen LogP contribution is 2.32. The van der Waals surface area contributed by atoms with Gasteiger partial charge in [0.25, 0.3) is 0 Å². The molecule has 0 aliphatic heterocycles. The van der Waals surface area contributed by atoms with E-state index in [2.05, 4.69) is 10.8 Å². The number of aryl methyl sites for hydroxylation is 1. The number of carboxylic acid groups (broad SMARTS) is 2. The van der Waals surface area contributed by atoms with Crippen LogP contribution < -0.4 is 4.74 Å². The molecule has 3 aromatic rings. The summed E-state index contributed by atoms with van der Waals surface area (Å²) in [7, 11) is 1.47. The largest absolute Gasteiger partial charge is 0.496 e. The van der Waals surface area contributed by atoms with Gasteiger partial charge in [0.05, 0.1) is 7.11 Å². The van der Waals surface area contributed by atoms with Crippen molar-refractivity contribution in [2.75, 3.05) is 7.11 Å². The Morgan fingerprint density at radius 1 is 0.967 bits per heavy atom. The van der Waals surface area contributed by atoms with Gasteiger partial charge in [-0.25, -0.2) is 4.79 Å². The number of benzene rings is 2. The van der Waals surface area contributed by atoms with E-state index in [0.29, 0.717) is 11.3 Å². The van der Waals surface area contributed by atoms with Gasteiger partial charge in [-0.1, -0.05) is 37.5 Å². The third-order valence-electron chi connectivity index (χ3n) is 5.33. The van der Waals surface area contributed by atoms with E-state index < -0.39 is 11.9 Å². The van der Waals surface area contributed by atoms with Crippen molar-refractivity contribution in [2.45, 2.75) is 45.1 Å². The van der Waals surface area contributed by atoms with Crippen LogP contribution in [0.5, 0.6) is 5.75 Å². The second-order valence-corrected chi connectivity index (χ2v) is 7.38. The molecule has 0 aliphatic carbocycles. The maximum absolute atomic E-state index is 11.8. The summed E-state index contributed by atoms with van der Waals surface area (Å²) < 4.78 is 7.45. The lowest BCUT2D eigenvalue weighted by Gasteiger charge is -2.11. The van der Waals surface area contributed by atoms with Crippen LogP contribution in [0.1, 0.15) is 48.9 Å². The average molecular weight is 409 g/mol. The predicted octanol–water partition coefficient (Wildman–Crippen LogP) is 5.44. The number of unbranched alkanes of at least 4 members (excludes halogenated alkanes) is 4. The Morgan fingerprint density at radius 3 is 2.47 bits per heavy atom. The van der Waals surface area contributed by atoms with Gasteiger partial charge in [-0.05, 0) is 48.2 Å². The lowest BCUT2D eigenvalue weighted by Crippen LogP contribution is -2.03. The lowest BCUT2D eigenvalue weighted by atomic mass is 9.98. The number of aromatic nitrogens is 1. The molecule has 6 nitrogen and oxygen atoms in total. The third kappa shape index (κ3) is 5.00. The molecule has 30 heavy (non-hydrogen) atoms. The number of hydrogen-bond acceptors (Lipinski definition) is 3. The van der Waals surface area contributed by atoms with Crippen molar-refractivity contribution >= 4 is 22.8 Å². The molecule has 1 aromatic heterocycles. The van der Waals surface area contributed by atoms with Gasteiger partial charge in [0.15, 0.2) is 0 Å². The average Bonchev–Trinajstić information content (AvgIpc) is 3.14. The van der Waals surface area contributed by atoms with Crippen molar-refractivity contribution in [3.8, 4) is 16.9 Å². The molecular weight excluding hydrogens is 382 g/mol. The fourth-order valence-corrected chi connectivity index (χ4v) is 3.81. The number of carboxylic acids is 2. The number of aliphatic carboxylic acids is 1. The number of fused-ring (bicyclic) bond motifs is 1. The van der Waals surface area contributed by atoms with E-state index in [1.807, 2.05) is 24.3 Å². The van der Waals surface area contributed by atoms with Crippen molar-refractivity contribution in [3.63, 3.8) is 0 Å². The molecule has 0 saturated heterocycles. The first-order chi connectivity index (χ1) is 14.5. The number of aromatic carboxylic acids is 1. The second kappa shape index (κ2) is 9.96. The standard InChI is InChI=1S/C24H27NO5/c1-30-21-9-7-8-19(23(21)24(28)29)17-11-12-20-18(16-17)13-15-25(20)14-6-4-2-3-5-10-22(26)27/h7-9,11-13,15-16H,2-6,10,14H2,1H3,(H,26,27)(H,28,29). The van der Waals surface area contributed by atoms with Crippen molar-refractivity contribution in [1.82, 2.24) is 4.57 Å². The first kappa shape index (κ1) is 21.4. The zero-order valence-corrected chi connectivity index (χ0v) is 17.1. The monoisotopic (exact) mass is 409 g/mol. The molecule has 6 heteroatoms. The van der Waals surface area contributed by atoms with Crippen LogP contribution in [0.3, 0.4) is 0 Å². The fourth-order valence-electron chi connectivity index (χ4n) is 3.81. The minimum absolute atomic E-state index is 0.168. The van der Waals surface area contributed by atoms with E-state index >= 15 is 0 Å². The molecule has 0 unspecified atom stereocenters. The molecule has 0 atom stereocenters. The molecule has 1 heterocycles. The van der Waals surface area contributed by atoms with Crippen molar-refractivity contribution in [2.24, 2.45) is 0 Å². The van der Waals surface area contributed by atoms with Gasteiger partial charge >= 0.3 is 11.9 Å². The summed E-state index contributed by atoms with van der Waals surface area (Å²) in [6.07, 6.45) is 7.16. The number of rotatable bonds is 11. The smallest absolute Gasteiger partial charge is 0.340 e. The lowest BCUT2D eigenvalue weighted by molar-refractivity contribution is -0.137. The zero-order valence-electron chi connectivity index (χ0n) is 17.1. The molecule has 2 N–H and O–H groups in total. The van der Waals surface area contributed by atoms with Gasteiger partial charge in [-0.3, -0.25) is 4.79 Å². The van der Waals surface area contributed by atoms with Crippen molar-refractivity contribution in [1.29, 1.82) is 0 Å². The third-order valence-corrected chi connectivity index (χ3v) is 5.33. The Hall–Kier alpha value is -3.28. The molecule has 158 valence electrons. The molecule has 0 amide bonds. The Balaban J connectivity index is 1.70. The maximum Gasteiger partial charge on any atom is 0.340 e. The normalized spacial score (nSPS) is 11.0. The van der Waals surface area contributed by atoms with Gasteiger partial charge in [0.2, 0.25) is 0 Å². The topological polar surface area (TPSA) is 88.8 Å². The summed E-state index contributed by atoms with van der Waals surface area (Å²) in [4.78, 5) is 22.3. The van der Waals surface area contributed by atoms with Crippen molar-refractivity contribution < 1.29 is 24.5 Å². The molecule has 3 rings (SSSR count). The summed E-state index contributed by atoms with van der Waals surface area (Å²) in [5.41, 5.74) is 2.76. The van der Waals surface area contributed by atoms with E-state index in [9.17, 15) is 14.7 Å². The second-order valence-electron chi connectivity index (χ2n) is 7.38. The quantitative estimate of drug-likeness (QED) is 0.412. The molecule has 0 bridgehead atoms. The summed E-state index contributed by atoms with van der Waals surface area (Å²) >= 11 is 0. The van der Waals surface area contributed by atoms with Crippen LogP contribution in [-0.4, -0.2) is 33.8 Å². The summed E-state index contributed by atoms with van der Waals surface area (Å²) in [5.74, 6) is -1.39. The summed E-state index contributed by atoms with van der Waals surface area (Å²) in [5, 5.41) is 19.4. The van der Waals surface area contributed by atoms with Crippen LogP contribution in [0.25, 0.3) is 22.0 Å². The SMILES string of the molecule is COc1cccc(-c2ccc3c(ccn3CCCCCCCC(=O)O)c2)c1C(=O)O. The van der Waals surface area contributed by atoms with E-state index in [-0.39, 0.29) is 12.0 Å². The molecule has 0 aliphatic rings. The highest BCUT2D eigenvalue weighted by atomic mass is 16.5. The highest BCUT2D eigenvalue weighted by molar-refractivity contribution is 6.00. The minimum atomic E-state index is -1.01. The predicted molar refractivity (Wildman–Crippen MR) is 116 cm³/mol. The van der Waals surface area contributed by atoms with Crippen LogP contribution in [-0.2, 0) is 11.3 Å². The van der Waals surface area contributed by atoms with Crippen LogP contribution in [0.4, 0.5) is 0 Å². The fraction of sp³-hybridized carbons (Fsp3) is 0.333. The van der Waals surface area contributed by atoms with E-state index in [4.69, 9.17) is 9.84 Å². The number of nitrogens with zero attached hydrogens (tertiary/aromatic N) is 1. The minimum Gasteiger partial charge on any atom is -0.496 e. The van der Waals surface area contributed by atoms with E-state index in [0.717, 1.165) is 55.1 Å². The molecule has 0 radical (unpaired) electrons. The molecule has 0 fully saturated rings. The Labute approximate surface area is 175 Å². The van der Waals surface area contributed by atoms with Crippen LogP contribution in [0.2, 0.25) is 0 Å². The molecular formula is C24H27NO5. The number of ether oxygens (including phenoxy) is 1. The molecule has 0 saturated carbocycles. The van der Waals surface area contributed by atoms with Crippen LogP contribution >= 0.6 is 0 Å². The number of carbonyl (C=O) groups is 2. The zero-order chi connectivity index (χ0) is 21.5. The van der Waals surface area contributed by atoms with Gasteiger partial charge < -0.3 is 19.5 Å². The first-order valence-electron chi connectivity index (χ1n) is 10.2. The van der Waals surface area contributed by atoms with Gasteiger partial charge in [-0.15, -0.1) is 0 Å². The number of methoxy groups -OCH3 is 1. The first-order valence-corrected chi connectivity index (χ1v) is 10.2. The highest BCUT2D eigenvalue weighted by Gasteiger charge is 2.17. The molecule has 0 spiro atoms. The van der Waals surface area contributed by atoms with Crippen LogP contribution in [0, 0.1) is 0 Å². The van der Waals surface area contributed by atoms with Gasteiger partial charge in [0, 0.05) is 30.1 Å². The van der Waals surface area contributed by atoms with Gasteiger partial charge in [-0.2, -0.15) is 0 Å². The Bertz CT molecular complexity index is 1040. The van der Waals surface area contributed by atoms with E-state index in [1.165, 1.54) is 7.11 Å². The van der Waals surface area contributed by atoms with Crippen LogP contribution in [0.15, 0.2) is 48.7 Å².